The largest absolute Gasteiger partial charge is 0.297 e. The van der Waals surface area contributed by atoms with Crippen LogP contribution in [0.1, 0.15) is 44.0 Å². The fourth-order valence-electron chi connectivity index (χ4n) is 3.78. The third-order valence-corrected chi connectivity index (χ3v) is 6.60. The summed E-state index contributed by atoms with van der Waals surface area (Å²) in [6.45, 7) is 6.78. The maximum absolute atomic E-state index is 11.6. The molecule has 1 aliphatic carbocycles. The lowest BCUT2D eigenvalue weighted by atomic mass is 9.61. The second-order valence-corrected chi connectivity index (χ2v) is 8.99. The van der Waals surface area contributed by atoms with Gasteiger partial charge in [-0.15, -0.1) is 0 Å². The van der Waals surface area contributed by atoms with E-state index in [2.05, 4.69) is 25.9 Å². The highest BCUT2D eigenvalue weighted by Crippen LogP contribution is 2.49. The Morgan fingerprint density at radius 3 is 2.64 bits per heavy atom. The summed E-state index contributed by atoms with van der Waals surface area (Å²) in [7, 11) is -3.06. The molecule has 0 aromatic carbocycles. The van der Waals surface area contributed by atoms with Crippen LogP contribution in [-0.2, 0) is 16.6 Å². The molecule has 124 valence electrons. The van der Waals surface area contributed by atoms with Crippen LogP contribution in [0, 0.1) is 12.3 Å². The zero-order chi connectivity index (χ0) is 15.8. The minimum absolute atomic E-state index is 0.158. The maximum atomic E-state index is 11.6. The fraction of sp³-hybridized carbons (Fsp3) is 0.800. The molecular formula is C15H26N4O2S. The van der Waals surface area contributed by atoms with Crippen LogP contribution in [0.15, 0.2) is 6.07 Å². The Morgan fingerprint density at radius 1 is 1.41 bits per heavy atom. The Labute approximate surface area is 132 Å². The third-order valence-electron chi connectivity index (χ3n) is 5.15. The van der Waals surface area contributed by atoms with Crippen LogP contribution in [0.25, 0.3) is 0 Å². The van der Waals surface area contributed by atoms with Gasteiger partial charge in [0.25, 0.3) is 0 Å². The van der Waals surface area contributed by atoms with Gasteiger partial charge < -0.3 is 0 Å². The van der Waals surface area contributed by atoms with Gasteiger partial charge >= 0.3 is 0 Å². The second kappa shape index (κ2) is 5.94. The SMILES string of the molecule is CCS(=O)(=O)NC1CC2(CCN(Cc3cc(C)[nH]n3)CC2)C1. The number of piperidine rings is 1. The summed E-state index contributed by atoms with van der Waals surface area (Å²) in [5.41, 5.74) is 2.59. The highest BCUT2D eigenvalue weighted by molar-refractivity contribution is 7.89. The van der Waals surface area contributed by atoms with Crippen LogP contribution >= 0.6 is 0 Å². The number of rotatable bonds is 5. The Balaban J connectivity index is 1.45. The Hall–Kier alpha value is -0.920. The molecule has 1 saturated heterocycles. The number of aryl methyl sites for hydroxylation is 1. The number of aromatic amines is 1. The van der Waals surface area contributed by atoms with Crippen molar-refractivity contribution in [3.05, 3.63) is 17.5 Å². The number of hydrogen-bond donors (Lipinski definition) is 2. The number of nitrogens with one attached hydrogen (secondary N) is 2. The molecule has 6 nitrogen and oxygen atoms in total. The summed E-state index contributed by atoms with van der Waals surface area (Å²) in [4.78, 5) is 2.45. The minimum Gasteiger partial charge on any atom is -0.297 e. The molecular weight excluding hydrogens is 300 g/mol. The predicted molar refractivity (Wildman–Crippen MR) is 85.9 cm³/mol. The van der Waals surface area contributed by atoms with E-state index in [1.165, 1.54) is 12.8 Å². The maximum Gasteiger partial charge on any atom is 0.211 e. The molecule has 1 aromatic rings. The van der Waals surface area contributed by atoms with Crippen molar-refractivity contribution < 1.29 is 8.42 Å². The summed E-state index contributed by atoms with van der Waals surface area (Å²) in [6, 6.07) is 2.26. The van der Waals surface area contributed by atoms with Crippen molar-refractivity contribution in [3.8, 4) is 0 Å². The van der Waals surface area contributed by atoms with Crippen LogP contribution in [0.2, 0.25) is 0 Å². The number of H-pyrrole nitrogens is 1. The molecule has 0 bridgehead atoms. The molecule has 22 heavy (non-hydrogen) atoms. The summed E-state index contributed by atoms with van der Waals surface area (Å²) in [6.07, 6.45) is 4.34. The van der Waals surface area contributed by atoms with Crippen LogP contribution in [0.5, 0.6) is 0 Å². The molecule has 0 unspecified atom stereocenters. The lowest BCUT2D eigenvalue weighted by molar-refractivity contribution is 0.0103. The smallest absolute Gasteiger partial charge is 0.211 e. The lowest BCUT2D eigenvalue weighted by Crippen LogP contribution is -2.54. The first-order valence-electron chi connectivity index (χ1n) is 8.13. The molecule has 0 amide bonds. The van der Waals surface area contributed by atoms with Gasteiger partial charge in [0.15, 0.2) is 0 Å². The molecule has 2 N–H and O–H groups in total. The van der Waals surface area contributed by atoms with Gasteiger partial charge in [-0.3, -0.25) is 10.00 Å². The van der Waals surface area contributed by atoms with Crippen LogP contribution in [0.3, 0.4) is 0 Å². The van der Waals surface area contributed by atoms with E-state index in [0.29, 0.717) is 5.41 Å². The minimum atomic E-state index is -3.06. The summed E-state index contributed by atoms with van der Waals surface area (Å²) < 4.78 is 26.0. The van der Waals surface area contributed by atoms with Crippen molar-refractivity contribution in [2.24, 2.45) is 5.41 Å². The van der Waals surface area contributed by atoms with E-state index in [1.54, 1.807) is 6.92 Å². The van der Waals surface area contributed by atoms with E-state index in [4.69, 9.17) is 0 Å². The quantitative estimate of drug-likeness (QED) is 0.857. The van der Waals surface area contributed by atoms with Gasteiger partial charge in [-0.05, 0) is 64.1 Å². The van der Waals surface area contributed by atoms with Gasteiger partial charge in [0.2, 0.25) is 10.0 Å². The van der Waals surface area contributed by atoms with Crippen molar-refractivity contribution in [1.82, 2.24) is 19.8 Å². The van der Waals surface area contributed by atoms with E-state index < -0.39 is 10.0 Å². The Bertz CT molecular complexity index is 609. The summed E-state index contributed by atoms with van der Waals surface area (Å²) in [5.74, 6) is 0.174. The molecule has 2 aliphatic rings. The van der Waals surface area contributed by atoms with Crippen molar-refractivity contribution >= 4 is 10.0 Å². The van der Waals surface area contributed by atoms with Crippen LogP contribution in [-0.4, -0.2) is 48.4 Å². The molecule has 2 fully saturated rings. The van der Waals surface area contributed by atoms with Crippen molar-refractivity contribution in [3.63, 3.8) is 0 Å². The Morgan fingerprint density at radius 2 is 2.09 bits per heavy atom. The average Bonchev–Trinajstić information content (AvgIpc) is 2.84. The molecule has 2 heterocycles. The van der Waals surface area contributed by atoms with Gasteiger partial charge in [0.1, 0.15) is 0 Å². The highest BCUT2D eigenvalue weighted by Gasteiger charge is 2.46. The summed E-state index contributed by atoms with van der Waals surface area (Å²) in [5, 5.41) is 7.29. The molecule has 0 radical (unpaired) electrons. The molecule has 0 atom stereocenters. The first-order valence-corrected chi connectivity index (χ1v) is 9.78. The number of likely N-dealkylation sites (tertiary alicyclic amines) is 1. The van der Waals surface area contributed by atoms with Gasteiger partial charge in [-0.1, -0.05) is 0 Å². The average molecular weight is 326 g/mol. The summed E-state index contributed by atoms with van der Waals surface area (Å²) >= 11 is 0. The number of sulfonamides is 1. The van der Waals surface area contributed by atoms with Gasteiger partial charge in [-0.2, -0.15) is 5.10 Å². The normalized spacial score (nSPS) is 22.8. The van der Waals surface area contributed by atoms with E-state index in [0.717, 1.165) is 43.9 Å². The number of nitrogens with zero attached hydrogens (tertiary/aromatic N) is 2. The lowest BCUT2D eigenvalue weighted by Gasteiger charge is -2.52. The van der Waals surface area contributed by atoms with Crippen molar-refractivity contribution in [2.75, 3.05) is 18.8 Å². The predicted octanol–water partition coefficient (Wildman–Crippen LogP) is 1.40. The highest BCUT2D eigenvalue weighted by atomic mass is 32.2. The van der Waals surface area contributed by atoms with E-state index in [1.807, 2.05) is 6.92 Å². The number of aromatic nitrogens is 2. The second-order valence-electron chi connectivity index (χ2n) is 6.94. The van der Waals surface area contributed by atoms with Crippen molar-refractivity contribution in [2.45, 2.75) is 52.1 Å². The monoisotopic (exact) mass is 326 g/mol. The standard InChI is InChI=1S/C15H26N4O2S/c1-3-22(20,21)18-14-9-15(10-14)4-6-19(7-5-15)11-13-8-12(2)16-17-13/h8,14,18H,3-7,9-11H2,1-2H3,(H,16,17). The topological polar surface area (TPSA) is 78.1 Å². The molecule has 1 spiro atoms. The third kappa shape index (κ3) is 3.52. The molecule has 3 rings (SSSR count). The zero-order valence-corrected chi connectivity index (χ0v) is 14.2. The van der Waals surface area contributed by atoms with Gasteiger partial charge in [0, 0.05) is 18.3 Å². The Kier molecular flexibility index (Phi) is 4.31. The number of hydrogen-bond acceptors (Lipinski definition) is 4. The van der Waals surface area contributed by atoms with Gasteiger partial charge in [-0.25, -0.2) is 13.1 Å². The van der Waals surface area contributed by atoms with Crippen LogP contribution < -0.4 is 4.72 Å². The van der Waals surface area contributed by atoms with Gasteiger partial charge in [0.05, 0.1) is 11.4 Å². The molecule has 1 saturated carbocycles. The fourth-order valence-corrected chi connectivity index (χ4v) is 4.63. The molecule has 1 aromatic heterocycles. The zero-order valence-electron chi connectivity index (χ0n) is 13.4. The first kappa shape index (κ1) is 16.0. The van der Waals surface area contributed by atoms with E-state index in [9.17, 15) is 8.42 Å². The van der Waals surface area contributed by atoms with Crippen molar-refractivity contribution in [1.29, 1.82) is 0 Å². The molecule has 1 aliphatic heterocycles. The van der Waals surface area contributed by atoms with E-state index in [-0.39, 0.29) is 11.8 Å². The molecule has 7 heteroatoms. The van der Waals surface area contributed by atoms with Crippen LogP contribution in [0.4, 0.5) is 0 Å². The first-order chi connectivity index (χ1) is 10.4. The van der Waals surface area contributed by atoms with E-state index >= 15 is 0 Å².